The van der Waals surface area contributed by atoms with Crippen LogP contribution in [-0.2, 0) is 20.8 Å². The fraction of sp³-hybridized carbons (Fsp3) is 0.500. The molecule has 4 rings (SSSR count). The highest BCUT2D eigenvalue weighted by atomic mass is 16.5. The average Bonchev–Trinajstić information content (AvgIpc) is 3.49. The average molecular weight is 563 g/mol. The van der Waals surface area contributed by atoms with Crippen molar-refractivity contribution in [1.82, 2.24) is 20.9 Å². The third-order valence-electron chi connectivity index (χ3n) is 7.74. The molecule has 41 heavy (non-hydrogen) atoms. The van der Waals surface area contributed by atoms with Crippen molar-refractivity contribution in [2.24, 2.45) is 0 Å². The number of nitrogens with zero attached hydrogens (tertiary/aromatic N) is 1. The maximum absolute atomic E-state index is 13.8. The molecule has 1 aliphatic heterocycles. The number of ether oxygens (including phenoxy) is 1. The van der Waals surface area contributed by atoms with E-state index in [1.165, 1.54) is 0 Å². The van der Waals surface area contributed by atoms with Crippen LogP contribution in [-0.4, -0.2) is 66.4 Å². The van der Waals surface area contributed by atoms with Crippen LogP contribution in [0.15, 0.2) is 54.6 Å². The SMILES string of the molecule is CCCCN1CCOc2ccccc2C(=O)N[C@H](C(=O)NC2CCCC2)CCC(=O)N[C@@H](Cc2ccccc2)C1=O. The second kappa shape index (κ2) is 15.2. The molecule has 9 heteroatoms. The van der Waals surface area contributed by atoms with Gasteiger partial charge in [0.25, 0.3) is 5.91 Å². The zero-order chi connectivity index (χ0) is 29.0. The number of unbranched alkanes of at least 4 members (excludes halogenated alkanes) is 1. The molecule has 0 radical (unpaired) electrons. The Morgan fingerprint density at radius 3 is 2.46 bits per heavy atom. The van der Waals surface area contributed by atoms with Gasteiger partial charge in [-0.1, -0.05) is 68.7 Å². The highest BCUT2D eigenvalue weighted by molar-refractivity contribution is 6.00. The van der Waals surface area contributed by atoms with Crippen LogP contribution in [0, 0.1) is 0 Å². The number of carbonyl (C=O) groups is 4. The normalized spacial score (nSPS) is 21.1. The molecule has 0 spiro atoms. The van der Waals surface area contributed by atoms with Crippen molar-refractivity contribution >= 4 is 23.6 Å². The Morgan fingerprint density at radius 2 is 1.71 bits per heavy atom. The molecular weight excluding hydrogens is 520 g/mol. The fourth-order valence-corrected chi connectivity index (χ4v) is 5.42. The molecule has 3 N–H and O–H groups in total. The van der Waals surface area contributed by atoms with Crippen molar-refractivity contribution < 1.29 is 23.9 Å². The van der Waals surface area contributed by atoms with Gasteiger partial charge < -0.3 is 25.6 Å². The van der Waals surface area contributed by atoms with Crippen LogP contribution in [0.4, 0.5) is 0 Å². The van der Waals surface area contributed by atoms with Gasteiger partial charge in [-0.25, -0.2) is 0 Å². The van der Waals surface area contributed by atoms with Gasteiger partial charge >= 0.3 is 0 Å². The first-order chi connectivity index (χ1) is 19.9. The van der Waals surface area contributed by atoms with Crippen LogP contribution in [0.5, 0.6) is 5.75 Å². The third-order valence-corrected chi connectivity index (χ3v) is 7.74. The lowest BCUT2D eigenvalue weighted by Gasteiger charge is -2.28. The summed E-state index contributed by atoms with van der Waals surface area (Å²) >= 11 is 0. The molecule has 1 heterocycles. The van der Waals surface area contributed by atoms with Crippen LogP contribution in [0.25, 0.3) is 0 Å². The number of fused-ring (bicyclic) bond motifs is 1. The summed E-state index contributed by atoms with van der Waals surface area (Å²) in [7, 11) is 0. The van der Waals surface area contributed by atoms with Gasteiger partial charge in [-0.3, -0.25) is 19.2 Å². The van der Waals surface area contributed by atoms with E-state index in [1.807, 2.05) is 30.3 Å². The first-order valence-electron chi connectivity index (χ1n) is 14.9. The number of rotatable bonds is 7. The summed E-state index contributed by atoms with van der Waals surface area (Å²) < 4.78 is 6.03. The second-order valence-electron chi connectivity index (χ2n) is 10.9. The molecule has 4 amide bonds. The van der Waals surface area contributed by atoms with Crippen LogP contribution < -0.4 is 20.7 Å². The molecule has 0 bridgehead atoms. The van der Waals surface area contributed by atoms with Gasteiger partial charge in [0.05, 0.1) is 12.1 Å². The summed E-state index contributed by atoms with van der Waals surface area (Å²) in [5, 5.41) is 8.83. The van der Waals surface area contributed by atoms with Crippen LogP contribution in [0.2, 0.25) is 0 Å². The van der Waals surface area contributed by atoms with Crippen LogP contribution >= 0.6 is 0 Å². The van der Waals surface area contributed by atoms with Crippen molar-refractivity contribution in [3.8, 4) is 5.75 Å². The number of nitrogens with one attached hydrogen (secondary N) is 3. The number of para-hydroxylation sites is 1. The minimum atomic E-state index is -0.906. The molecule has 0 unspecified atom stereocenters. The molecule has 0 saturated heterocycles. The molecule has 2 aromatic rings. The van der Waals surface area contributed by atoms with E-state index in [2.05, 4.69) is 22.9 Å². The smallest absolute Gasteiger partial charge is 0.255 e. The number of carbonyl (C=O) groups excluding carboxylic acids is 4. The minimum Gasteiger partial charge on any atom is -0.491 e. The predicted octanol–water partition coefficient (Wildman–Crippen LogP) is 3.37. The van der Waals surface area contributed by atoms with Crippen molar-refractivity contribution in [2.75, 3.05) is 19.7 Å². The summed E-state index contributed by atoms with van der Waals surface area (Å²) in [5.74, 6) is -0.874. The maximum Gasteiger partial charge on any atom is 0.255 e. The largest absolute Gasteiger partial charge is 0.491 e. The van der Waals surface area contributed by atoms with Gasteiger partial charge in [-0.05, 0) is 43.4 Å². The molecule has 0 aromatic heterocycles. The molecule has 2 aromatic carbocycles. The van der Waals surface area contributed by atoms with Gasteiger partial charge in [0.2, 0.25) is 17.7 Å². The Kier molecular flexibility index (Phi) is 11.2. The highest BCUT2D eigenvalue weighted by Gasteiger charge is 2.30. The second-order valence-corrected chi connectivity index (χ2v) is 10.9. The summed E-state index contributed by atoms with van der Waals surface area (Å²) in [6.07, 6.45) is 6.08. The monoisotopic (exact) mass is 562 g/mol. The first-order valence-corrected chi connectivity index (χ1v) is 14.9. The Hall–Kier alpha value is -3.88. The Morgan fingerprint density at radius 1 is 0.976 bits per heavy atom. The summed E-state index contributed by atoms with van der Waals surface area (Å²) in [4.78, 5) is 55.4. The molecule has 1 fully saturated rings. The first kappa shape index (κ1) is 30.1. The van der Waals surface area contributed by atoms with E-state index < -0.39 is 18.0 Å². The van der Waals surface area contributed by atoms with E-state index in [-0.39, 0.29) is 43.2 Å². The van der Waals surface area contributed by atoms with Gasteiger partial charge in [0, 0.05) is 25.4 Å². The van der Waals surface area contributed by atoms with Gasteiger partial charge in [-0.15, -0.1) is 0 Å². The lowest BCUT2D eigenvalue weighted by atomic mass is 10.0. The lowest BCUT2D eigenvalue weighted by molar-refractivity contribution is -0.137. The minimum absolute atomic E-state index is 0.0191. The molecule has 2 atom stereocenters. The molecule has 1 aliphatic carbocycles. The van der Waals surface area contributed by atoms with E-state index in [0.717, 1.165) is 44.1 Å². The zero-order valence-corrected chi connectivity index (χ0v) is 23.9. The molecule has 9 nitrogen and oxygen atoms in total. The van der Waals surface area contributed by atoms with Crippen LogP contribution in [0.3, 0.4) is 0 Å². The number of benzene rings is 2. The van der Waals surface area contributed by atoms with Gasteiger partial charge in [0.1, 0.15) is 24.4 Å². The van der Waals surface area contributed by atoms with Gasteiger partial charge in [-0.2, -0.15) is 0 Å². The van der Waals surface area contributed by atoms with Crippen molar-refractivity contribution in [1.29, 1.82) is 0 Å². The Labute approximate surface area is 242 Å². The lowest BCUT2D eigenvalue weighted by Crippen LogP contribution is -2.51. The van der Waals surface area contributed by atoms with E-state index in [0.29, 0.717) is 30.8 Å². The number of hydrogen-bond acceptors (Lipinski definition) is 5. The summed E-state index contributed by atoms with van der Waals surface area (Å²) in [6, 6.07) is 14.9. The van der Waals surface area contributed by atoms with E-state index in [9.17, 15) is 19.2 Å². The topological polar surface area (TPSA) is 117 Å². The summed E-state index contributed by atoms with van der Waals surface area (Å²) in [6.45, 7) is 3.08. The molecule has 2 aliphatic rings. The van der Waals surface area contributed by atoms with Crippen molar-refractivity contribution in [3.63, 3.8) is 0 Å². The van der Waals surface area contributed by atoms with E-state index >= 15 is 0 Å². The van der Waals surface area contributed by atoms with E-state index in [1.54, 1.807) is 29.2 Å². The zero-order valence-electron chi connectivity index (χ0n) is 23.9. The van der Waals surface area contributed by atoms with E-state index in [4.69, 9.17) is 4.74 Å². The van der Waals surface area contributed by atoms with Gasteiger partial charge in [0.15, 0.2) is 0 Å². The quantitative estimate of drug-likeness (QED) is 0.479. The summed E-state index contributed by atoms with van der Waals surface area (Å²) in [5.41, 5.74) is 1.24. The number of amides is 4. The number of hydrogen-bond donors (Lipinski definition) is 3. The third kappa shape index (κ3) is 8.80. The van der Waals surface area contributed by atoms with Crippen molar-refractivity contribution in [3.05, 3.63) is 65.7 Å². The standard InChI is InChI=1S/C32H42N4O5/c1-2-3-19-36-20-21-41-28-16-10-9-15-25(28)30(38)35-26(31(39)33-24-13-7-8-14-24)17-18-29(37)34-27(32(36)40)22-23-11-5-4-6-12-23/h4-6,9-12,15-16,24,26-27H,2-3,7-8,13-14,17-22H2,1H3,(H,33,39)(H,34,37)(H,35,38)/t26-,27-/m0/s1. The molecule has 220 valence electrons. The van der Waals surface area contributed by atoms with Crippen molar-refractivity contribution in [2.45, 2.75) is 82.8 Å². The highest BCUT2D eigenvalue weighted by Crippen LogP contribution is 2.20. The fourth-order valence-electron chi connectivity index (χ4n) is 5.42. The molecular formula is C32H42N4O5. The van der Waals surface area contributed by atoms with Crippen LogP contribution in [0.1, 0.15) is 74.2 Å². The predicted molar refractivity (Wildman–Crippen MR) is 156 cm³/mol. The maximum atomic E-state index is 13.8. The molecule has 1 saturated carbocycles. The Balaban J connectivity index is 1.60. The Bertz CT molecular complexity index is 1180.